The Bertz CT molecular complexity index is 575. The van der Waals surface area contributed by atoms with Gasteiger partial charge in [-0.3, -0.25) is 0 Å². The van der Waals surface area contributed by atoms with Crippen molar-refractivity contribution in [2.45, 2.75) is 46.1 Å². The van der Waals surface area contributed by atoms with Gasteiger partial charge in [0.05, 0.1) is 0 Å². The molecule has 2 aromatic rings. The minimum Gasteiger partial charge on any atom is -0.383 e. The Kier molecular flexibility index (Phi) is 3.84. The van der Waals surface area contributed by atoms with Crippen LogP contribution in [0.1, 0.15) is 53.3 Å². The summed E-state index contributed by atoms with van der Waals surface area (Å²) in [5.41, 5.74) is 3.61. The summed E-state index contributed by atoms with van der Waals surface area (Å²) in [4.78, 5) is 2.33. The number of aliphatic hydroxyl groups is 1. The van der Waals surface area contributed by atoms with E-state index in [1.165, 1.54) is 16.0 Å². The Morgan fingerprint density at radius 1 is 1.00 bits per heavy atom. The van der Waals surface area contributed by atoms with Gasteiger partial charge in [0.25, 0.3) is 0 Å². The van der Waals surface area contributed by atoms with Crippen LogP contribution in [0.5, 0.6) is 0 Å². The summed E-state index contributed by atoms with van der Waals surface area (Å²) >= 11 is 1.70. The highest BCUT2D eigenvalue weighted by Crippen LogP contribution is 2.34. The number of benzene rings is 1. The smallest absolute Gasteiger partial charge is 0.113 e. The van der Waals surface area contributed by atoms with Crippen LogP contribution in [-0.2, 0) is 5.41 Å². The van der Waals surface area contributed by atoms with Gasteiger partial charge in [0, 0.05) is 9.75 Å². The number of aliphatic hydroxyl groups excluding tert-OH is 1. The van der Waals surface area contributed by atoms with Gasteiger partial charge < -0.3 is 5.11 Å². The van der Waals surface area contributed by atoms with Gasteiger partial charge in [-0.2, -0.15) is 0 Å². The molecule has 2 rings (SSSR count). The molecule has 0 aliphatic carbocycles. The predicted octanol–water partition coefficient (Wildman–Crippen LogP) is 4.74. The quantitative estimate of drug-likeness (QED) is 0.838. The molecule has 1 N–H and O–H groups in total. The van der Waals surface area contributed by atoms with E-state index >= 15 is 0 Å². The molecule has 0 aliphatic heterocycles. The van der Waals surface area contributed by atoms with Gasteiger partial charge in [0.2, 0.25) is 0 Å². The maximum atomic E-state index is 10.5. The third-order valence-electron chi connectivity index (χ3n) is 3.48. The van der Waals surface area contributed by atoms with E-state index in [0.717, 1.165) is 10.4 Å². The van der Waals surface area contributed by atoms with Gasteiger partial charge in [-0.25, -0.2) is 0 Å². The summed E-state index contributed by atoms with van der Waals surface area (Å²) in [5, 5.41) is 10.5. The molecule has 0 bridgehead atoms. The molecule has 0 saturated carbocycles. The van der Waals surface area contributed by atoms with Crippen molar-refractivity contribution in [3.8, 4) is 0 Å². The lowest BCUT2D eigenvalue weighted by Crippen LogP contribution is -2.07. The number of aryl methyl sites for hydroxylation is 2. The van der Waals surface area contributed by atoms with Crippen molar-refractivity contribution in [3.63, 3.8) is 0 Å². The van der Waals surface area contributed by atoms with Gasteiger partial charge >= 0.3 is 0 Å². The third-order valence-corrected chi connectivity index (χ3v) is 5.05. The Labute approximate surface area is 119 Å². The highest BCUT2D eigenvalue weighted by molar-refractivity contribution is 7.12. The van der Waals surface area contributed by atoms with E-state index in [4.69, 9.17) is 0 Å². The molecule has 0 aliphatic rings. The summed E-state index contributed by atoms with van der Waals surface area (Å²) < 4.78 is 0. The van der Waals surface area contributed by atoms with Crippen molar-refractivity contribution >= 4 is 11.3 Å². The highest BCUT2D eigenvalue weighted by atomic mass is 32.1. The topological polar surface area (TPSA) is 20.2 Å². The number of hydrogen-bond acceptors (Lipinski definition) is 2. The molecular formula is C17H22OS. The van der Waals surface area contributed by atoms with Gasteiger partial charge in [-0.05, 0) is 48.1 Å². The lowest BCUT2D eigenvalue weighted by Gasteiger charge is -2.16. The number of thiophene rings is 1. The first kappa shape index (κ1) is 14.3. The second-order valence-corrected chi connectivity index (χ2v) is 7.31. The van der Waals surface area contributed by atoms with Crippen LogP contribution in [0.25, 0.3) is 0 Å². The van der Waals surface area contributed by atoms with E-state index in [1.807, 2.05) is 12.1 Å². The second kappa shape index (κ2) is 5.10. The minimum atomic E-state index is -0.514. The van der Waals surface area contributed by atoms with Crippen molar-refractivity contribution in [2.24, 2.45) is 0 Å². The normalized spacial score (nSPS) is 13.6. The first-order chi connectivity index (χ1) is 8.79. The van der Waals surface area contributed by atoms with Crippen LogP contribution >= 0.6 is 11.3 Å². The van der Waals surface area contributed by atoms with Crippen molar-refractivity contribution in [2.75, 3.05) is 0 Å². The second-order valence-electron chi connectivity index (χ2n) is 6.20. The zero-order valence-electron chi connectivity index (χ0n) is 12.3. The molecule has 2 heteroatoms. The molecule has 1 nitrogen and oxygen atoms in total. The summed E-state index contributed by atoms with van der Waals surface area (Å²) in [7, 11) is 0. The fourth-order valence-electron chi connectivity index (χ4n) is 2.00. The van der Waals surface area contributed by atoms with Crippen LogP contribution < -0.4 is 0 Å². The lowest BCUT2D eigenvalue weighted by atomic mass is 9.95. The van der Waals surface area contributed by atoms with Crippen LogP contribution in [0.2, 0.25) is 0 Å². The molecule has 0 spiro atoms. The first-order valence-corrected chi connectivity index (χ1v) is 7.46. The van der Waals surface area contributed by atoms with Crippen LogP contribution in [0.15, 0.2) is 30.3 Å². The van der Waals surface area contributed by atoms with E-state index in [-0.39, 0.29) is 5.41 Å². The Hall–Kier alpha value is -1.12. The minimum absolute atomic E-state index is 0.145. The SMILES string of the molecule is Cc1ccc(C(O)c2ccc(C(C)(C)C)s2)cc1C. The zero-order chi connectivity index (χ0) is 14.2. The molecule has 1 aromatic carbocycles. The average Bonchev–Trinajstić information content (AvgIpc) is 2.81. The van der Waals surface area contributed by atoms with Gasteiger partial charge in [-0.15, -0.1) is 11.3 Å². The average molecular weight is 274 g/mol. The van der Waals surface area contributed by atoms with Crippen LogP contribution in [0.3, 0.4) is 0 Å². The van der Waals surface area contributed by atoms with E-state index in [1.54, 1.807) is 11.3 Å². The van der Waals surface area contributed by atoms with E-state index in [9.17, 15) is 5.11 Å². The predicted molar refractivity (Wildman–Crippen MR) is 83.0 cm³/mol. The van der Waals surface area contributed by atoms with Gasteiger partial charge in [-0.1, -0.05) is 39.0 Å². The molecule has 1 aromatic heterocycles. The van der Waals surface area contributed by atoms with Gasteiger partial charge in [0.15, 0.2) is 0 Å². The van der Waals surface area contributed by atoms with Crippen LogP contribution in [0, 0.1) is 13.8 Å². The summed E-state index contributed by atoms with van der Waals surface area (Å²) in [5.74, 6) is 0. The lowest BCUT2D eigenvalue weighted by molar-refractivity contribution is 0.224. The molecule has 0 amide bonds. The third kappa shape index (κ3) is 3.07. The molecule has 1 unspecified atom stereocenters. The van der Waals surface area contributed by atoms with Crippen molar-refractivity contribution in [1.29, 1.82) is 0 Å². The standard InChI is InChI=1S/C17H22OS/c1-11-6-7-13(10-12(11)2)16(18)14-8-9-15(19-14)17(3,4)5/h6-10,16,18H,1-5H3. The molecular weight excluding hydrogens is 252 g/mol. The first-order valence-electron chi connectivity index (χ1n) is 6.64. The van der Waals surface area contributed by atoms with E-state index in [0.29, 0.717) is 0 Å². The Morgan fingerprint density at radius 2 is 1.68 bits per heavy atom. The number of rotatable bonds is 2. The number of hydrogen-bond donors (Lipinski definition) is 1. The molecule has 0 radical (unpaired) electrons. The maximum Gasteiger partial charge on any atom is 0.113 e. The molecule has 102 valence electrons. The monoisotopic (exact) mass is 274 g/mol. The van der Waals surface area contributed by atoms with Crippen LogP contribution in [-0.4, -0.2) is 5.11 Å². The van der Waals surface area contributed by atoms with Gasteiger partial charge in [0.1, 0.15) is 6.10 Å². The van der Waals surface area contributed by atoms with Crippen LogP contribution in [0.4, 0.5) is 0 Å². The molecule has 0 fully saturated rings. The summed E-state index contributed by atoms with van der Waals surface area (Å²) in [6.07, 6.45) is -0.514. The van der Waals surface area contributed by atoms with Crippen molar-refractivity contribution < 1.29 is 5.11 Å². The fraction of sp³-hybridized carbons (Fsp3) is 0.412. The Morgan fingerprint density at radius 3 is 2.21 bits per heavy atom. The van der Waals surface area contributed by atoms with Crippen molar-refractivity contribution in [3.05, 3.63) is 56.8 Å². The molecule has 0 saturated heterocycles. The molecule has 19 heavy (non-hydrogen) atoms. The van der Waals surface area contributed by atoms with E-state index in [2.05, 4.69) is 52.8 Å². The van der Waals surface area contributed by atoms with Crippen molar-refractivity contribution in [1.82, 2.24) is 0 Å². The van der Waals surface area contributed by atoms with E-state index < -0.39 is 6.10 Å². The Balaban J connectivity index is 2.31. The maximum absolute atomic E-state index is 10.5. The fourth-order valence-corrected chi connectivity index (χ4v) is 3.08. The largest absolute Gasteiger partial charge is 0.383 e. The molecule has 1 atom stereocenters. The summed E-state index contributed by atoms with van der Waals surface area (Å²) in [6, 6.07) is 10.3. The zero-order valence-corrected chi connectivity index (χ0v) is 13.1. The molecule has 1 heterocycles. The summed E-state index contributed by atoms with van der Waals surface area (Å²) in [6.45, 7) is 10.8. The highest BCUT2D eigenvalue weighted by Gasteiger charge is 2.19.